The first kappa shape index (κ1) is 8.91. The molecule has 2 nitrogen and oxygen atoms in total. The predicted octanol–water partition coefficient (Wildman–Crippen LogP) is 2.33. The second-order valence-electron chi connectivity index (χ2n) is 3.00. The van der Waals surface area contributed by atoms with Crippen molar-refractivity contribution in [3.8, 4) is 11.5 Å². The van der Waals surface area contributed by atoms with Gasteiger partial charge in [0.05, 0.1) is 7.11 Å². The Morgan fingerprint density at radius 3 is 2.25 bits per heavy atom. The summed E-state index contributed by atoms with van der Waals surface area (Å²) in [4.78, 5) is 0. The fraction of sp³-hybridized carbons (Fsp3) is 0.400. The van der Waals surface area contributed by atoms with Gasteiger partial charge in [-0.2, -0.15) is 0 Å². The summed E-state index contributed by atoms with van der Waals surface area (Å²) in [5.74, 6) is 1.20. The van der Waals surface area contributed by atoms with Crippen molar-refractivity contribution < 1.29 is 9.84 Å². The van der Waals surface area contributed by atoms with Crippen LogP contribution in [0.5, 0.6) is 11.5 Å². The van der Waals surface area contributed by atoms with E-state index in [1.54, 1.807) is 13.2 Å². The lowest BCUT2D eigenvalue weighted by molar-refractivity contribution is 0.404. The Kier molecular flexibility index (Phi) is 2.27. The minimum Gasteiger partial charge on any atom is -0.508 e. The fourth-order valence-electron chi connectivity index (χ4n) is 1.35. The van der Waals surface area contributed by atoms with Crippen molar-refractivity contribution in [2.75, 3.05) is 7.11 Å². The van der Waals surface area contributed by atoms with E-state index in [1.807, 2.05) is 20.8 Å². The van der Waals surface area contributed by atoms with Crippen molar-refractivity contribution in [2.24, 2.45) is 0 Å². The predicted molar refractivity (Wildman–Crippen MR) is 48.9 cm³/mol. The third kappa shape index (κ3) is 1.24. The van der Waals surface area contributed by atoms with Crippen molar-refractivity contribution in [1.82, 2.24) is 0 Å². The standard InChI is InChI=1S/C10H14O2/c1-6-5-9(11)7(2)8(3)10(6)12-4/h5,11H,1-4H3. The summed E-state index contributed by atoms with van der Waals surface area (Å²) < 4.78 is 5.20. The highest BCUT2D eigenvalue weighted by molar-refractivity contribution is 5.51. The van der Waals surface area contributed by atoms with Crippen LogP contribution in [0.3, 0.4) is 0 Å². The molecule has 0 aliphatic heterocycles. The molecule has 0 saturated carbocycles. The number of ether oxygens (including phenoxy) is 1. The van der Waals surface area contributed by atoms with Gasteiger partial charge < -0.3 is 9.84 Å². The molecule has 0 unspecified atom stereocenters. The van der Waals surface area contributed by atoms with Crippen LogP contribution in [-0.4, -0.2) is 12.2 Å². The average molecular weight is 166 g/mol. The zero-order chi connectivity index (χ0) is 9.30. The van der Waals surface area contributed by atoms with E-state index >= 15 is 0 Å². The Hall–Kier alpha value is -1.18. The molecule has 0 heterocycles. The van der Waals surface area contributed by atoms with Gasteiger partial charge in [0.1, 0.15) is 11.5 Å². The maximum atomic E-state index is 9.45. The number of hydrogen-bond donors (Lipinski definition) is 1. The molecular formula is C10H14O2. The number of hydrogen-bond acceptors (Lipinski definition) is 2. The van der Waals surface area contributed by atoms with Crippen LogP contribution >= 0.6 is 0 Å². The number of aromatic hydroxyl groups is 1. The van der Waals surface area contributed by atoms with E-state index in [0.717, 1.165) is 22.4 Å². The largest absolute Gasteiger partial charge is 0.508 e. The number of benzene rings is 1. The molecule has 0 spiro atoms. The summed E-state index contributed by atoms with van der Waals surface area (Å²) >= 11 is 0. The van der Waals surface area contributed by atoms with Crippen LogP contribution in [0.2, 0.25) is 0 Å². The van der Waals surface area contributed by atoms with Gasteiger partial charge in [0.2, 0.25) is 0 Å². The smallest absolute Gasteiger partial charge is 0.125 e. The second-order valence-corrected chi connectivity index (χ2v) is 3.00. The van der Waals surface area contributed by atoms with Gasteiger partial charge in [0.15, 0.2) is 0 Å². The molecule has 1 aromatic rings. The molecule has 0 radical (unpaired) electrons. The van der Waals surface area contributed by atoms with Crippen LogP contribution in [0.1, 0.15) is 16.7 Å². The van der Waals surface area contributed by atoms with Gasteiger partial charge in [-0.25, -0.2) is 0 Å². The molecule has 0 atom stereocenters. The number of rotatable bonds is 1. The molecule has 0 amide bonds. The number of phenols is 1. The van der Waals surface area contributed by atoms with Gasteiger partial charge in [-0.05, 0) is 43.5 Å². The monoisotopic (exact) mass is 166 g/mol. The van der Waals surface area contributed by atoms with Gasteiger partial charge in [-0.15, -0.1) is 0 Å². The molecule has 1 rings (SSSR count). The molecule has 0 aliphatic carbocycles. The van der Waals surface area contributed by atoms with Crippen LogP contribution < -0.4 is 4.74 Å². The van der Waals surface area contributed by atoms with E-state index in [1.165, 1.54) is 0 Å². The third-order valence-corrected chi connectivity index (χ3v) is 2.20. The molecule has 66 valence electrons. The fourth-order valence-corrected chi connectivity index (χ4v) is 1.35. The van der Waals surface area contributed by atoms with Gasteiger partial charge >= 0.3 is 0 Å². The first-order chi connectivity index (χ1) is 5.57. The van der Waals surface area contributed by atoms with E-state index in [9.17, 15) is 5.11 Å². The SMILES string of the molecule is COc1c(C)cc(O)c(C)c1C. The normalized spacial score (nSPS) is 10.0. The highest BCUT2D eigenvalue weighted by Gasteiger charge is 2.08. The number of aryl methyl sites for hydroxylation is 1. The van der Waals surface area contributed by atoms with Crippen LogP contribution in [0, 0.1) is 20.8 Å². The molecule has 2 heteroatoms. The summed E-state index contributed by atoms with van der Waals surface area (Å²) in [5.41, 5.74) is 2.87. The Morgan fingerprint density at radius 2 is 1.75 bits per heavy atom. The van der Waals surface area contributed by atoms with E-state index in [-0.39, 0.29) is 0 Å². The maximum Gasteiger partial charge on any atom is 0.125 e. The summed E-state index contributed by atoms with van der Waals surface area (Å²) in [7, 11) is 1.64. The lowest BCUT2D eigenvalue weighted by Gasteiger charge is -2.11. The summed E-state index contributed by atoms with van der Waals surface area (Å²) in [5, 5.41) is 9.45. The zero-order valence-corrected chi connectivity index (χ0v) is 7.93. The van der Waals surface area contributed by atoms with E-state index in [0.29, 0.717) is 5.75 Å². The molecule has 0 bridgehead atoms. The first-order valence-electron chi connectivity index (χ1n) is 3.91. The molecule has 12 heavy (non-hydrogen) atoms. The highest BCUT2D eigenvalue weighted by atomic mass is 16.5. The quantitative estimate of drug-likeness (QED) is 0.693. The lowest BCUT2D eigenvalue weighted by Crippen LogP contribution is -1.93. The number of methoxy groups -OCH3 is 1. The van der Waals surface area contributed by atoms with Crippen LogP contribution in [-0.2, 0) is 0 Å². The Bertz CT molecular complexity index is 303. The van der Waals surface area contributed by atoms with Crippen LogP contribution in [0.4, 0.5) is 0 Å². The van der Waals surface area contributed by atoms with Gasteiger partial charge in [-0.3, -0.25) is 0 Å². The first-order valence-corrected chi connectivity index (χ1v) is 3.91. The van der Waals surface area contributed by atoms with E-state index in [2.05, 4.69) is 0 Å². The zero-order valence-electron chi connectivity index (χ0n) is 7.93. The number of phenolic OH excluding ortho intramolecular Hbond substituents is 1. The molecule has 0 aromatic heterocycles. The van der Waals surface area contributed by atoms with Crippen molar-refractivity contribution in [3.63, 3.8) is 0 Å². The lowest BCUT2D eigenvalue weighted by atomic mass is 10.0. The average Bonchev–Trinajstić information content (AvgIpc) is 2.01. The molecule has 0 aliphatic rings. The minimum atomic E-state index is 0.339. The Morgan fingerprint density at radius 1 is 1.17 bits per heavy atom. The van der Waals surface area contributed by atoms with Gasteiger partial charge in [-0.1, -0.05) is 0 Å². The van der Waals surface area contributed by atoms with Crippen LogP contribution in [0.15, 0.2) is 6.07 Å². The Balaban J connectivity index is 3.40. The minimum absolute atomic E-state index is 0.339. The van der Waals surface area contributed by atoms with Crippen molar-refractivity contribution in [2.45, 2.75) is 20.8 Å². The van der Waals surface area contributed by atoms with Crippen molar-refractivity contribution in [3.05, 3.63) is 22.8 Å². The summed E-state index contributed by atoms with van der Waals surface area (Å²) in [6.45, 7) is 5.75. The third-order valence-electron chi connectivity index (χ3n) is 2.20. The highest BCUT2D eigenvalue weighted by Crippen LogP contribution is 2.31. The molecular weight excluding hydrogens is 152 g/mol. The van der Waals surface area contributed by atoms with Crippen molar-refractivity contribution >= 4 is 0 Å². The molecule has 0 saturated heterocycles. The summed E-state index contributed by atoms with van der Waals surface area (Å²) in [6.07, 6.45) is 0. The molecule has 1 aromatic carbocycles. The second kappa shape index (κ2) is 3.05. The van der Waals surface area contributed by atoms with Gasteiger partial charge in [0.25, 0.3) is 0 Å². The molecule has 1 N–H and O–H groups in total. The van der Waals surface area contributed by atoms with Crippen molar-refractivity contribution in [1.29, 1.82) is 0 Å². The molecule has 0 fully saturated rings. The van der Waals surface area contributed by atoms with Gasteiger partial charge in [0, 0.05) is 0 Å². The summed E-state index contributed by atoms with van der Waals surface area (Å²) in [6, 6.07) is 1.72. The Labute approximate surface area is 72.8 Å². The topological polar surface area (TPSA) is 29.5 Å². The van der Waals surface area contributed by atoms with E-state index < -0.39 is 0 Å². The maximum absolute atomic E-state index is 9.45. The van der Waals surface area contributed by atoms with Crippen LogP contribution in [0.25, 0.3) is 0 Å². The van der Waals surface area contributed by atoms with E-state index in [4.69, 9.17) is 4.74 Å².